The largest absolute Gasteiger partial charge is 0.497 e. The Morgan fingerprint density at radius 2 is 1.47 bits per heavy atom. The molecule has 4 amide bonds. The highest BCUT2D eigenvalue weighted by molar-refractivity contribution is 6.11. The molecule has 0 saturated carbocycles. The average Bonchev–Trinajstić information content (AvgIpc) is 3.03. The van der Waals surface area contributed by atoms with Gasteiger partial charge in [-0.2, -0.15) is 0 Å². The van der Waals surface area contributed by atoms with E-state index in [2.05, 4.69) is 10.6 Å². The van der Waals surface area contributed by atoms with Gasteiger partial charge in [0.2, 0.25) is 5.91 Å². The summed E-state index contributed by atoms with van der Waals surface area (Å²) in [5.41, 5.74) is -0.340. The summed E-state index contributed by atoms with van der Waals surface area (Å²) >= 11 is 0. The third-order valence-corrected chi connectivity index (χ3v) is 5.03. The van der Waals surface area contributed by atoms with E-state index >= 15 is 0 Å². The van der Waals surface area contributed by atoms with Crippen LogP contribution in [-0.2, 0) is 15.1 Å². The van der Waals surface area contributed by atoms with Crippen molar-refractivity contribution in [2.45, 2.75) is 18.9 Å². The molecule has 2 N–H and O–H groups in total. The van der Waals surface area contributed by atoms with Crippen LogP contribution in [0.5, 0.6) is 11.5 Å². The second-order valence-electron chi connectivity index (χ2n) is 6.88. The first-order valence-electron chi connectivity index (χ1n) is 9.66. The number of methoxy groups -OCH3 is 2. The Morgan fingerprint density at radius 3 is 1.90 bits per heavy atom. The van der Waals surface area contributed by atoms with Gasteiger partial charge in [-0.05, 0) is 41.8 Å². The number of nitrogens with zero attached hydrogens (tertiary/aromatic N) is 1. The molecule has 2 aromatic carbocycles. The molecule has 1 aliphatic rings. The fourth-order valence-corrected chi connectivity index (χ4v) is 3.42. The molecule has 0 unspecified atom stereocenters. The SMILES string of the molecule is CCCNC(=O)CN1C(=O)NC(c2ccc(OC)cc2)(c2ccc(OC)cc2)C1=O. The second-order valence-corrected chi connectivity index (χ2v) is 6.88. The zero-order valence-corrected chi connectivity index (χ0v) is 17.2. The summed E-state index contributed by atoms with van der Waals surface area (Å²) in [6.07, 6.45) is 0.757. The number of hydrogen-bond acceptors (Lipinski definition) is 5. The maximum atomic E-state index is 13.6. The van der Waals surface area contributed by atoms with Gasteiger partial charge in [-0.15, -0.1) is 0 Å². The summed E-state index contributed by atoms with van der Waals surface area (Å²) in [6.45, 7) is 2.05. The van der Waals surface area contributed by atoms with Crippen molar-refractivity contribution in [1.82, 2.24) is 15.5 Å². The Labute approximate surface area is 175 Å². The maximum Gasteiger partial charge on any atom is 0.326 e. The Balaban J connectivity index is 2.04. The van der Waals surface area contributed by atoms with Crippen LogP contribution in [0, 0.1) is 0 Å². The van der Waals surface area contributed by atoms with Crippen molar-refractivity contribution in [2.75, 3.05) is 27.3 Å². The van der Waals surface area contributed by atoms with E-state index in [1.54, 1.807) is 62.8 Å². The highest BCUT2D eigenvalue weighted by atomic mass is 16.5. The molecule has 0 aliphatic carbocycles. The van der Waals surface area contributed by atoms with Gasteiger partial charge in [-0.25, -0.2) is 4.79 Å². The van der Waals surface area contributed by atoms with Gasteiger partial charge in [0.25, 0.3) is 5.91 Å². The third kappa shape index (κ3) is 3.80. The van der Waals surface area contributed by atoms with E-state index in [4.69, 9.17) is 9.47 Å². The van der Waals surface area contributed by atoms with Crippen LogP contribution in [0.25, 0.3) is 0 Å². The van der Waals surface area contributed by atoms with Crippen molar-refractivity contribution in [3.63, 3.8) is 0 Å². The van der Waals surface area contributed by atoms with Gasteiger partial charge in [-0.1, -0.05) is 31.2 Å². The van der Waals surface area contributed by atoms with E-state index in [1.165, 1.54) is 0 Å². The number of imide groups is 1. The van der Waals surface area contributed by atoms with Gasteiger partial charge in [0.15, 0.2) is 5.54 Å². The molecule has 0 aromatic heterocycles. The number of amides is 4. The molecule has 0 atom stereocenters. The zero-order valence-electron chi connectivity index (χ0n) is 17.2. The van der Waals surface area contributed by atoms with Crippen LogP contribution in [0.1, 0.15) is 24.5 Å². The normalized spacial score (nSPS) is 15.0. The molecule has 8 heteroatoms. The monoisotopic (exact) mass is 411 g/mol. The van der Waals surface area contributed by atoms with E-state index in [0.717, 1.165) is 11.3 Å². The highest BCUT2D eigenvalue weighted by Gasteiger charge is 2.54. The van der Waals surface area contributed by atoms with Gasteiger partial charge >= 0.3 is 6.03 Å². The molecular formula is C22H25N3O5. The Kier molecular flexibility index (Phi) is 6.25. The lowest BCUT2D eigenvalue weighted by Gasteiger charge is -2.28. The van der Waals surface area contributed by atoms with Crippen molar-refractivity contribution in [3.8, 4) is 11.5 Å². The smallest absolute Gasteiger partial charge is 0.326 e. The molecule has 1 aliphatic heterocycles. The summed E-state index contributed by atoms with van der Waals surface area (Å²) in [5.74, 6) is 0.336. The van der Waals surface area contributed by atoms with Crippen LogP contribution < -0.4 is 20.1 Å². The number of carbonyl (C=O) groups excluding carboxylic acids is 3. The third-order valence-electron chi connectivity index (χ3n) is 5.03. The molecule has 1 fully saturated rings. The summed E-state index contributed by atoms with van der Waals surface area (Å²) in [6, 6.07) is 13.1. The van der Waals surface area contributed by atoms with Crippen molar-refractivity contribution >= 4 is 17.8 Å². The maximum absolute atomic E-state index is 13.6. The number of benzene rings is 2. The quantitative estimate of drug-likeness (QED) is 0.648. The summed E-state index contributed by atoms with van der Waals surface area (Å²) < 4.78 is 10.4. The van der Waals surface area contributed by atoms with E-state index in [9.17, 15) is 14.4 Å². The van der Waals surface area contributed by atoms with Crippen LogP contribution in [0.2, 0.25) is 0 Å². The topological polar surface area (TPSA) is 97.0 Å². The molecule has 3 rings (SSSR count). The van der Waals surface area contributed by atoms with Gasteiger partial charge < -0.3 is 20.1 Å². The lowest BCUT2D eigenvalue weighted by molar-refractivity contribution is -0.134. The Hall–Kier alpha value is -3.55. The molecule has 0 bridgehead atoms. The molecule has 158 valence electrons. The van der Waals surface area contributed by atoms with E-state index < -0.39 is 17.5 Å². The average molecular weight is 411 g/mol. The van der Waals surface area contributed by atoms with E-state index in [0.29, 0.717) is 29.2 Å². The first-order chi connectivity index (χ1) is 14.5. The van der Waals surface area contributed by atoms with Crippen molar-refractivity contribution in [2.24, 2.45) is 0 Å². The van der Waals surface area contributed by atoms with E-state index in [-0.39, 0.29) is 12.5 Å². The number of ether oxygens (including phenoxy) is 2. The number of hydrogen-bond donors (Lipinski definition) is 2. The van der Waals surface area contributed by atoms with E-state index in [1.807, 2.05) is 6.92 Å². The lowest BCUT2D eigenvalue weighted by atomic mass is 9.82. The molecule has 30 heavy (non-hydrogen) atoms. The first-order valence-corrected chi connectivity index (χ1v) is 9.66. The minimum atomic E-state index is -1.46. The standard InChI is InChI=1S/C22H25N3O5/c1-4-13-23-19(26)14-25-20(27)22(24-21(25)28,15-5-9-17(29-2)10-6-15)16-7-11-18(30-3)12-8-16/h5-12H,4,13-14H2,1-3H3,(H,23,26)(H,24,28). The van der Waals surface area contributed by atoms with Crippen molar-refractivity contribution in [1.29, 1.82) is 0 Å². The molecule has 2 aromatic rings. The summed E-state index contributed by atoms with van der Waals surface area (Å²) in [4.78, 5) is 39.5. The minimum Gasteiger partial charge on any atom is -0.497 e. The van der Waals surface area contributed by atoms with Gasteiger partial charge in [-0.3, -0.25) is 14.5 Å². The highest BCUT2D eigenvalue weighted by Crippen LogP contribution is 2.37. The number of rotatable bonds is 8. The fraction of sp³-hybridized carbons (Fsp3) is 0.318. The molecule has 1 saturated heterocycles. The van der Waals surface area contributed by atoms with Crippen molar-refractivity contribution < 1.29 is 23.9 Å². The first kappa shape index (κ1) is 21.2. The lowest BCUT2D eigenvalue weighted by Crippen LogP contribution is -2.46. The number of nitrogens with one attached hydrogen (secondary N) is 2. The van der Waals surface area contributed by atoms with Crippen LogP contribution in [0.15, 0.2) is 48.5 Å². The van der Waals surface area contributed by atoms with Crippen molar-refractivity contribution in [3.05, 3.63) is 59.7 Å². The number of urea groups is 1. The number of carbonyl (C=O) groups is 3. The van der Waals surface area contributed by atoms with Crippen LogP contribution in [0.3, 0.4) is 0 Å². The fourth-order valence-electron chi connectivity index (χ4n) is 3.42. The molecule has 1 heterocycles. The molecule has 0 spiro atoms. The van der Waals surface area contributed by atoms with Crippen LogP contribution >= 0.6 is 0 Å². The summed E-state index contributed by atoms with van der Waals surface area (Å²) in [5, 5.41) is 5.50. The predicted molar refractivity (Wildman–Crippen MR) is 110 cm³/mol. The minimum absolute atomic E-state index is 0.348. The summed E-state index contributed by atoms with van der Waals surface area (Å²) in [7, 11) is 3.10. The molecular weight excluding hydrogens is 386 g/mol. The molecule has 8 nitrogen and oxygen atoms in total. The predicted octanol–water partition coefficient (Wildman–Crippen LogP) is 2.03. The van der Waals surface area contributed by atoms with Crippen LogP contribution in [-0.4, -0.2) is 50.1 Å². The van der Waals surface area contributed by atoms with Gasteiger partial charge in [0, 0.05) is 6.54 Å². The molecule has 0 radical (unpaired) electrons. The van der Waals surface area contributed by atoms with Gasteiger partial charge in [0.1, 0.15) is 18.0 Å². The van der Waals surface area contributed by atoms with Crippen LogP contribution in [0.4, 0.5) is 4.79 Å². The Bertz CT molecular complexity index is 877. The zero-order chi connectivity index (χ0) is 21.7. The Morgan fingerprint density at radius 1 is 0.967 bits per heavy atom. The second kappa shape index (κ2) is 8.86. The van der Waals surface area contributed by atoms with Gasteiger partial charge in [0.05, 0.1) is 14.2 Å².